The van der Waals surface area contributed by atoms with Crippen molar-refractivity contribution in [1.29, 1.82) is 0 Å². The van der Waals surface area contributed by atoms with Gasteiger partial charge in [-0.15, -0.1) is 0 Å². The minimum atomic E-state index is -1.28. The predicted octanol–water partition coefficient (Wildman–Crippen LogP) is 1.01. The van der Waals surface area contributed by atoms with Crippen LogP contribution >= 0.6 is 0 Å². The SMILES string of the molecule is CC(=O)OC[C@H]1O[C@@H](/N=C(\[Se])Nc2ccc(C)cc2)[C@H](OC(C)=O)[C@@H](OC(C)=O)[C@@H]1OC(C)=O. The van der Waals surface area contributed by atoms with Gasteiger partial charge in [0.15, 0.2) is 0 Å². The van der Waals surface area contributed by atoms with Gasteiger partial charge < -0.3 is 0 Å². The molecule has 1 aliphatic heterocycles. The van der Waals surface area contributed by atoms with E-state index >= 15 is 0 Å². The number of anilines is 1. The van der Waals surface area contributed by atoms with E-state index in [0.29, 0.717) is 0 Å². The third kappa shape index (κ3) is 8.44. The van der Waals surface area contributed by atoms with Crippen molar-refractivity contribution >= 4 is 50.3 Å². The summed E-state index contributed by atoms with van der Waals surface area (Å²) in [5.41, 5.74) is 1.80. The van der Waals surface area contributed by atoms with Gasteiger partial charge in [-0.2, -0.15) is 0 Å². The van der Waals surface area contributed by atoms with Crippen LogP contribution in [0, 0.1) is 6.92 Å². The number of esters is 4. The van der Waals surface area contributed by atoms with E-state index in [1.165, 1.54) is 13.8 Å². The van der Waals surface area contributed by atoms with Gasteiger partial charge in [0.1, 0.15) is 0 Å². The summed E-state index contributed by atoms with van der Waals surface area (Å²) in [5, 5.41) is 3.05. The molecule has 0 amide bonds. The molecule has 1 saturated heterocycles. The third-order valence-electron chi connectivity index (χ3n) is 4.51. The Kier molecular flexibility index (Phi) is 10.0. The van der Waals surface area contributed by atoms with E-state index in [0.717, 1.165) is 25.1 Å². The first-order chi connectivity index (χ1) is 16.0. The van der Waals surface area contributed by atoms with Gasteiger partial charge >= 0.3 is 205 Å². The molecule has 1 aromatic rings. The number of aryl methyl sites for hydroxylation is 1. The number of carbonyl (C=O) groups is 4. The summed E-state index contributed by atoms with van der Waals surface area (Å²) in [6, 6.07) is 7.50. The molecule has 11 nitrogen and oxygen atoms in total. The second kappa shape index (κ2) is 12.5. The summed E-state index contributed by atoms with van der Waals surface area (Å²) < 4.78 is 27.4. The Hall–Kier alpha value is -2.95. The van der Waals surface area contributed by atoms with Crippen LogP contribution in [0.2, 0.25) is 0 Å². The molecule has 5 atom stereocenters. The predicted molar refractivity (Wildman–Crippen MR) is 120 cm³/mol. The molecular weight excluding hydrogens is 515 g/mol. The summed E-state index contributed by atoms with van der Waals surface area (Å²) in [5.74, 6) is -2.70. The van der Waals surface area contributed by atoms with Crippen LogP contribution in [0.5, 0.6) is 0 Å². The van der Waals surface area contributed by atoms with E-state index in [2.05, 4.69) is 26.3 Å². The Balaban J connectivity index is 2.43. The molecule has 2 rings (SSSR count). The monoisotopic (exact) mass is 543 g/mol. The molecule has 1 heterocycles. The van der Waals surface area contributed by atoms with E-state index < -0.39 is 54.5 Å². The second-order valence-electron chi connectivity index (χ2n) is 7.52. The van der Waals surface area contributed by atoms with E-state index in [-0.39, 0.29) is 11.3 Å². The number of nitrogens with one attached hydrogen (secondary N) is 1. The maximum atomic E-state index is 11.9. The van der Waals surface area contributed by atoms with Gasteiger partial charge in [0, 0.05) is 0 Å². The normalized spacial score (nSPS) is 24.5. The van der Waals surface area contributed by atoms with Gasteiger partial charge in [0.05, 0.1) is 0 Å². The number of hydrogen-bond acceptors (Lipinski definition) is 10. The molecule has 0 bridgehead atoms. The standard InChI is InChI=1S/C22H27N2O9Se/c1-11-6-8-16(9-7-11)23-22(34)24-21-20(32-15(5)28)19(31-14(4)27)18(30-13(3)26)17(33-21)10-29-12(2)25/h6-9,17-21H,10H2,1-5H3,(H,23,24)/t17-,18-,19+,20-,21-/m1/s1. The molecule has 1 fully saturated rings. The van der Waals surface area contributed by atoms with Crippen molar-refractivity contribution in [2.24, 2.45) is 4.99 Å². The van der Waals surface area contributed by atoms with Crippen molar-refractivity contribution in [2.45, 2.75) is 65.3 Å². The topological polar surface area (TPSA) is 139 Å². The first-order valence-electron chi connectivity index (χ1n) is 10.3. The summed E-state index contributed by atoms with van der Waals surface area (Å²) in [4.78, 5) is 51.3. The van der Waals surface area contributed by atoms with Crippen molar-refractivity contribution < 1.29 is 42.9 Å². The first-order valence-corrected chi connectivity index (χ1v) is 11.2. The number of ether oxygens (including phenoxy) is 5. The average Bonchev–Trinajstić information content (AvgIpc) is 2.71. The molecule has 1 aliphatic rings. The molecule has 1 N–H and O–H groups in total. The van der Waals surface area contributed by atoms with Crippen LogP contribution in [0.4, 0.5) is 5.69 Å². The molecule has 1 aromatic carbocycles. The molecule has 0 spiro atoms. The van der Waals surface area contributed by atoms with Crippen LogP contribution < -0.4 is 5.32 Å². The fraction of sp³-hybridized carbons (Fsp3) is 0.500. The molecular formula is C22H27N2O9Se. The van der Waals surface area contributed by atoms with Gasteiger partial charge in [-0.3, -0.25) is 0 Å². The minimum absolute atomic E-state index is 0.282. The number of benzene rings is 1. The van der Waals surface area contributed by atoms with Crippen LogP contribution in [0.25, 0.3) is 0 Å². The number of hydrogen-bond donors (Lipinski definition) is 1. The number of aliphatic imine (C=N–C) groups is 1. The zero-order valence-electron chi connectivity index (χ0n) is 19.4. The van der Waals surface area contributed by atoms with Crippen LogP contribution in [0.3, 0.4) is 0 Å². The van der Waals surface area contributed by atoms with E-state index in [1.807, 2.05) is 31.2 Å². The quantitative estimate of drug-likeness (QED) is 0.175. The molecule has 185 valence electrons. The van der Waals surface area contributed by atoms with Gasteiger partial charge in [-0.05, 0) is 0 Å². The van der Waals surface area contributed by atoms with Crippen molar-refractivity contribution in [1.82, 2.24) is 0 Å². The van der Waals surface area contributed by atoms with Crippen LogP contribution in [-0.2, 0) is 42.9 Å². The second-order valence-corrected chi connectivity index (χ2v) is 8.33. The van der Waals surface area contributed by atoms with Crippen molar-refractivity contribution in [3.63, 3.8) is 0 Å². The first kappa shape index (κ1) is 27.3. The van der Waals surface area contributed by atoms with Crippen LogP contribution in [0.1, 0.15) is 33.3 Å². The third-order valence-corrected chi connectivity index (χ3v) is 4.95. The zero-order chi connectivity index (χ0) is 25.4. The Bertz CT molecular complexity index is 935. The fourth-order valence-corrected chi connectivity index (χ4v) is 3.68. The number of rotatable bonds is 7. The Morgan fingerprint density at radius 3 is 1.94 bits per heavy atom. The fourth-order valence-electron chi connectivity index (χ4n) is 3.22. The van der Waals surface area contributed by atoms with Crippen molar-refractivity contribution in [3.8, 4) is 0 Å². The summed E-state index contributed by atoms with van der Waals surface area (Å²) in [6.45, 7) is 6.31. The van der Waals surface area contributed by atoms with E-state index in [1.54, 1.807) is 0 Å². The maximum absolute atomic E-state index is 11.9. The Labute approximate surface area is 205 Å². The molecule has 1 radical (unpaired) electrons. The Morgan fingerprint density at radius 1 is 0.882 bits per heavy atom. The molecule has 0 saturated carbocycles. The summed E-state index contributed by atoms with van der Waals surface area (Å²) >= 11 is 2.77. The molecule has 0 aliphatic carbocycles. The van der Waals surface area contributed by atoms with Gasteiger partial charge in [0.2, 0.25) is 0 Å². The number of nitrogens with zero attached hydrogens (tertiary/aromatic N) is 1. The molecule has 34 heavy (non-hydrogen) atoms. The zero-order valence-corrected chi connectivity index (χ0v) is 21.1. The van der Waals surface area contributed by atoms with Gasteiger partial charge in [-0.1, -0.05) is 0 Å². The summed E-state index contributed by atoms with van der Waals surface area (Å²) in [7, 11) is 0. The van der Waals surface area contributed by atoms with Gasteiger partial charge in [0.25, 0.3) is 0 Å². The van der Waals surface area contributed by atoms with Crippen molar-refractivity contribution in [2.75, 3.05) is 11.9 Å². The van der Waals surface area contributed by atoms with E-state index in [9.17, 15) is 19.2 Å². The van der Waals surface area contributed by atoms with Crippen LogP contribution in [-0.4, -0.2) is 81.9 Å². The van der Waals surface area contributed by atoms with Crippen LogP contribution in [0.15, 0.2) is 29.3 Å². The number of carbonyl (C=O) groups excluding carboxylic acids is 4. The molecule has 0 aromatic heterocycles. The Morgan fingerprint density at radius 2 is 1.41 bits per heavy atom. The summed E-state index contributed by atoms with van der Waals surface area (Å²) in [6.07, 6.45) is -6.03. The average molecular weight is 542 g/mol. The molecule has 0 unspecified atom stereocenters. The van der Waals surface area contributed by atoms with E-state index in [4.69, 9.17) is 23.7 Å². The number of amidine groups is 1. The van der Waals surface area contributed by atoms with Gasteiger partial charge in [-0.25, -0.2) is 0 Å². The van der Waals surface area contributed by atoms with Crippen molar-refractivity contribution in [3.05, 3.63) is 29.8 Å². The molecule has 12 heteroatoms.